The number of rotatable bonds is 5. The van der Waals surface area contributed by atoms with Crippen molar-refractivity contribution in [3.8, 4) is 0 Å². The van der Waals surface area contributed by atoms with Gasteiger partial charge in [-0.3, -0.25) is 9.78 Å². The molecule has 0 spiro atoms. The molecule has 2 heterocycles. The average molecular weight is 298 g/mol. The van der Waals surface area contributed by atoms with Crippen LogP contribution in [0.5, 0.6) is 0 Å². The van der Waals surface area contributed by atoms with Gasteiger partial charge in [0.25, 0.3) is 0 Å². The first-order chi connectivity index (χ1) is 9.42. The summed E-state index contributed by atoms with van der Waals surface area (Å²) in [5, 5.41) is 9.19. The van der Waals surface area contributed by atoms with Crippen molar-refractivity contribution in [2.45, 2.75) is 25.8 Å². The summed E-state index contributed by atoms with van der Waals surface area (Å²) in [4.78, 5) is 15.1. The molecule has 2 unspecified atom stereocenters. The van der Waals surface area contributed by atoms with E-state index in [2.05, 4.69) is 4.98 Å². The summed E-state index contributed by atoms with van der Waals surface area (Å²) in [7, 11) is -3.55. The Morgan fingerprint density at radius 1 is 1.45 bits per heavy atom. The molecular weight excluding hydrogens is 280 g/mol. The molecule has 1 aliphatic heterocycles. The summed E-state index contributed by atoms with van der Waals surface area (Å²) in [5.74, 6) is -1.29. The first-order valence-corrected chi connectivity index (χ1v) is 8.14. The molecule has 6 nitrogen and oxygen atoms in total. The number of aromatic nitrogens is 1. The fourth-order valence-electron chi connectivity index (χ4n) is 2.50. The molecule has 110 valence electrons. The Morgan fingerprint density at radius 2 is 2.10 bits per heavy atom. The van der Waals surface area contributed by atoms with Gasteiger partial charge in [-0.15, -0.1) is 0 Å². The number of hydrogen-bond acceptors (Lipinski definition) is 4. The summed E-state index contributed by atoms with van der Waals surface area (Å²) in [6, 6.07) is 2.59. The van der Waals surface area contributed by atoms with Crippen LogP contribution in [-0.2, 0) is 21.2 Å². The standard InChI is InChI=1S/C13H18N2O4S/c1-10-4-8-15(12(10)13(16)17)20(18,19)9-5-11-2-6-14-7-3-11/h2-3,6-7,10,12H,4-5,8-9H2,1H3,(H,16,17). The minimum absolute atomic E-state index is 0.0759. The number of carbonyl (C=O) groups is 1. The van der Waals surface area contributed by atoms with Crippen molar-refractivity contribution in [1.29, 1.82) is 0 Å². The molecule has 20 heavy (non-hydrogen) atoms. The number of carboxylic acid groups (broad SMARTS) is 1. The van der Waals surface area contributed by atoms with Gasteiger partial charge in [-0.25, -0.2) is 8.42 Å². The van der Waals surface area contributed by atoms with E-state index in [-0.39, 0.29) is 18.2 Å². The number of aliphatic carboxylic acids is 1. The summed E-state index contributed by atoms with van der Waals surface area (Å²) < 4.78 is 25.8. The first-order valence-electron chi connectivity index (χ1n) is 6.53. The maximum absolute atomic E-state index is 12.3. The molecule has 1 aromatic heterocycles. The van der Waals surface area contributed by atoms with Gasteiger partial charge in [0, 0.05) is 18.9 Å². The molecule has 0 bridgehead atoms. The Morgan fingerprint density at radius 3 is 2.70 bits per heavy atom. The molecule has 0 amide bonds. The minimum atomic E-state index is -3.55. The molecule has 0 radical (unpaired) electrons. The van der Waals surface area contributed by atoms with E-state index in [1.165, 1.54) is 0 Å². The summed E-state index contributed by atoms with van der Waals surface area (Å²) in [6.07, 6.45) is 4.17. The zero-order valence-electron chi connectivity index (χ0n) is 11.3. The predicted octanol–water partition coefficient (Wildman–Crippen LogP) is 0.749. The molecule has 1 saturated heterocycles. The summed E-state index contributed by atoms with van der Waals surface area (Å²) in [6.45, 7) is 2.06. The van der Waals surface area contributed by atoms with E-state index in [1.54, 1.807) is 31.5 Å². The largest absolute Gasteiger partial charge is 0.480 e. The summed E-state index contributed by atoms with van der Waals surface area (Å²) >= 11 is 0. The number of carboxylic acids is 1. The van der Waals surface area contributed by atoms with Crippen LogP contribution in [-0.4, -0.2) is 47.1 Å². The van der Waals surface area contributed by atoms with E-state index in [1.807, 2.05) is 0 Å². The van der Waals surface area contributed by atoms with Crippen LogP contribution in [0, 0.1) is 5.92 Å². The summed E-state index contributed by atoms with van der Waals surface area (Å²) in [5.41, 5.74) is 0.877. The minimum Gasteiger partial charge on any atom is -0.480 e. The molecule has 0 aromatic carbocycles. The molecular formula is C13H18N2O4S. The van der Waals surface area contributed by atoms with Crippen LogP contribution < -0.4 is 0 Å². The van der Waals surface area contributed by atoms with Crippen molar-refractivity contribution in [3.05, 3.63) is 30.1 Å². The van der Waals surface area contributed by atoms with Gasteiger partial charge in [-0.05, 0) is 36.5 Å². The molecule has 0 saturated carbocycles. The second-order valence-corrected chi connectivity index (χ2v) is 7.12. The number of nitrogens with zero attached hydrogens (tertiary/aromatic N) is 2. The third-order valence-electron chi connectivity index (χ3n) is 3.66. The van der Waals surface area contributed by atoms with Crippen LogP contribution in [0.2, 0.25) is 0 Å². The highest BCUT2D eigenvalue weighted by Crippen LogP contribution is 2.27. The maximum atomic E-state index is 12.3. The normalized spacial score (nSPS) is 23.9. The Bertz CT molecular complexity index is 573. The van der Waals surface area contributed by atoms with Crippen LogP contribution in [0.4, 0.5) is 0 Å². The van der Waals surface area contributed by atoms with Gasteiger partial charge in [0.2, 0.25) is 10.0 Å². The van der Waals surface area contributed by atoms with E-state index < -0.39 is 22.0 Å². The molecule has 0 aliphatic carbocycles. The van der Waals surface area contributed by atoms with Crippen LogP contribution in [0.25, 0.3) is 0 Å². The molecule has 2 rings (SSSR count). The third-order valence-corrected chi connectivity index (χ3v) is 5.51. The van der Waals surface area contributed by atoms with E-state index in [9.17, 15) is 18.3 Å². The zero-order valence-corrected chi connectivity index (χ0v) is 12.1. The predicted molar refractivity (Wildman–Crippen MR) is 73.6 cm³/mol. The quantitative estimate of drug-likeness (QED) is 0.866. The Kier molecular flexibility index (Phi) is 4.39. The Labute approximate surface area is 118 Å². The third kappa shape index (κ3) is 3.16. The highest BCUT2D eigenvalue weighted by molar-refractivity contribution is 7.89. The molecule has 1 aliphatic rings. The van der Waals surface area contributed by atoms with Gasteiger partial charge in [-0.1, -0.05) is 6.92 Å². The van der Waals surface area contributed by atoms with Crippen molar-refractivity contribution in [1.82, 2.24) is 9.29 Å². The van der Waals surface area contributed by atoms with Gasteiger partial charge >= 0.3 is 5.97 Å². The molecule has 1 aromatic rings. The lowest BCUT2D eigenvalue weighted by Gasteiger charge is -2.22. The van der Waals surface area contributed by atoms with Crippen molar-refractivity contribution in [3.63, 3.8) is 0 Å². The lowest BCUT2D eigenvalue weighted by atomic mass is 10.0. The lowest BCUT2D eigenvalue weighted by molar-refractivity contribution is -0.141. The SMILES string of the molecule is CC1CCN(S(=O)(=O)CCc2ccncc2)C1C(=O)O. The van der Waals surface area contributed by atoms with Crippen LogP contribution in [0.15, 0.2) is 24.5 Å². The first kappa shape index (κ1) is 14.9. The Hall–Kier alpha value is -1.47. The van der Waals surface area contributed by atoms with E-state index >= 15 is 0 Å². The number of aryl methyl sites for hydroxylation is 1. The van der Waals surface area contributed by atoms with Crippen molar-refractivity contribution < 1.29 is 18.3 Å². The number of sulfonamides is 1. The second kappa shape index (κ2) is 5.88. The van der Waals surface area contributed by atoms with E-state index in [4.69, 9.17) is 0 Å². The highest BCUT2D eigenvalue weighted by Gasteiger charge is 2.42. The highest BCUT2D eigenvalue weighted by atomic mass is 32.2. The molecule has 1 N–H and O–H groups in total. The fourth-order valence-corrected chi connectivity index (χ4v) is 4.26. The van der Waals surface area contributed by atoms with Crippen molar-refractivity contribution in [2.75, 3.05) is 12.3 Å². The Balaban J connectivity index is 2.08. The van der Waals surface area contributed by atoms with Gasteiger partial charge in [0.15, 0.2) is 0 Å². The van der Waals surface area contributed by atoms with Crippen molar-refractivity contribution >= 4 is 16.0 Å². The van der Waals surface area contributed by atoms with Gasteiger partial charge in [-0.2, -0.15) is 4.31 Å². The second-order valence-electron chi connectivity index (χ2n) is 5.08. The number of pyridine rings is 1. The topological polar surface area (TPSA) is 87.6 Å². The van der Waals surface area contributed by atoms with Crippen molar-refractivity contribution in [2.24, 2.45) is 5.92 Å². The molecule has 2 atom stereocenters. The lowest BCUT2D eigenvalue weighted by Crippen LogP contribution is -2.43. The van der Waals surface area contributed by atoms with Crippen LogP contribution in [0.3, 0.4) is 0 Å². The smallest absolute Gasteiger partial charge is 0.322 e. The van der Waals surface area contributed by atoms with Gasteiger partial charge in [0.05, 0.1) is 5.75 Å². The molecule has 1 fully saturated rings. The molecule has 7 heteroatoms. The monoisotopic (exact) mass is 298 g/mol. The maximum Gasteiger partial charge on any atom is 0.322 e. The van der Waals surface area contributed by atoms with Gasteiger partial charge < -0.3 is 5.11 Å². The average Bonchev–Trinajstić information content (AvgIpc) is 2.81. The zero-order chi connectivity index (χ0) is 14.8. The van der Waals surface area contributed by atoms with Crippen LogP contribution >= 0.6 is 0 Å². The van der Waals surface area contributed by atoms with E-state index in [0.717, 1.165) is 9.87 Å². The van der Waals surface area contributed by atoms with Gasteiger partial charge in [0.1, 0.15) is 6.04 Å². The van der Waals surface area contributed by atoms with E-state index in [0.29, 0.717) is 12.8 Å². The fraction of sp³-hybridized carbons (Fsp3) is 0.538. The van der Waals surface area contributed by atoms with Crippen LogP contribution in [0.1, 0.15) is 18.9 Å². The number of hydrogen-bond donors (Lipinski definition) is 1.